The van der Waals surface area contributed by atoms with Crippen LogP contribution >= 0.6 is 0 Å². The predicted molar refractivity (Wildman–Crippen MR) is 315 cm³/mol. The Hall–Kier alpha value is -7.11. The molecule has 9 aromatic rings. The Bertz CT molecular complexity index is 3530. The van der Waals surface area contributed by atoms with Crippen LogP contribution in [0.2, 0.25) is 0 Å². The van der Waals surface area contributed by atoms with Gasteiger partial charge in [0.25, 0.3) is 0 Å². The van der Waals surface area contributed by atoms with Gasteiger partial charge in [-0.1, -0.05) is 177 Å². The molecule has 0 N–H and O–H groups in total. The van der Waals surface area contributed by atoms with E-state index in [1.54, 1.807) is 0 Å². The second-order valence-electron chi connectivity index (χ2n) is 25.1. The Morgan fingerprint density at radius 2 is 1.07 bits per heavy atom. The lowest BCUT2D eigenvalue weighted by Gasteiger charge is -2.26. The van der Waals surface area contributed by atoms with Crippen LogP contribution in [0.3, 0.4) is 0 Å². The average Bonchev–Trinajstić information content (AvgIpc) is 3.92. The minimum atomic E-state index is -0.207. The van der Waals surface area contributed by atoms with Crippen LogP contribution in [0.4, 0.5) is 22.7 Å². The van der Waals surface area contributed by atoms with Crippen molar-refractivity contribution in [3.63, 3.8) is 0 Å². The smallest absolute Gasteiger partial charge is 0.137 e. The van der Waals surface area contributed by atoms with E-state index in [9.17, 15) is 0 Å². The van der Waals surface area contributed by atoms with Gasteiger partial charge < -0.3 is 14.5 Å². The molecule has 0 fully saturated rings. The van der Waals surface area contributed by atoms with Crippen LogP contribution in [0.1, 0.15) is 155 Å². The van der Waals surface area contributed by atoms with Crippen molar-refractivity contribution in [2.24, 2.45) is 0 Å². The highest BCUT2D eigenvalue weighted by Crippen LogP contribution is 2.50. The molecule has 74 heavy (non-hydrogen) atoms. The summed E-state index contributed by atoms with van der Waals surface area (Å²) in [4.78, 5) is 10.1. The molecule has 0 radical (unpaired) electrons. The summed E-state index contributed by atoms with van der Waals surface area (Å²) >= 11 is 0. The van der Waals surface area contributed by atoms with Crippen LogP contribution in [0, 0.1) is 0 Å². The third kappa shape index (κ3) is 9.40. The molecule has 0 bridgehead atoms. The molecule has 0 saturated heterocycles. The average molecular weight is 977 g/mol. The minimum absolute atomic E-state index is 0.0133. The molecule has 0 aliphatic carbocycles. The molecular formula is C69H76N4O. The number of rotatable bonds is 10. The fourth-order valence-corrected chi connectivity index (χ4v) is 11.0. The van der Waals surface area contributed by atoms with Crippen molar-refractivity contribution in [2.75, 3.05) is 16.5 Å². The summed E-state index contributed by atoms with van der Waals surface area (Å²) in [5, 5.41) is 2.34. The molecule has 5 nitrogen and oxygen atoms in total. The second kappa shape index (κ2) is 18.7. The normalized spacial score (nSPS) is 13.5. The Morgan fingerprint density at radius 1 is 0.446 bits per heavy atom. The lowest BCUT2D eigenvalue weighted by Crippen LogP contribution is -2.24. The van der Waals surface area contributed by atoms with Crippen LogP contribution in [-0.2, 0) is 21.7 Å². The molecule has 0 amide bonds. The first-order valence-electron chi connectivity index (χ1n) is 26.8. The van der Waals surface area contributed by atoms with Crippen molar-refractivity contribution in [1.82, 2.24) is 9.55 Å². The molecule has 1 aliphatic heterocycles. The Morgan fingerprint density at radius 3 is 1.74 bits per heavy atom. The molecule has 3 heterocycles. The summed E-state index contributed by atoms with van der Waals surface area (Å²) < 4.78 is 9.64. The quantitative estimate of drug-likeness (QED) is 0.137. The third-order valence-electron chi connectivity index (χ3n) is 15.6. The van der Waals surface area contributed by atoms with E-state index in [4.69, 9.17) is 9.72 Å². The number of pyridine rings is 1. The standard InChI is InChI=1S/C69H76N4O/c1-44(2)56-25-20-26-57(45(3)4)65(56)46-35-53(72-43-71(52-24-19-23-48(37-52)66(5,6)7)61-32-27-49(39-63(61)72)67(8,9)10)41-55(36-46)74-54-29-30-58-59-38-51(69(14,15)47-21-17-16-18-22-47)28-31-60(59)73(62(58)42-54)64-40-50(33-34-70-64)68(11,12)13/h16-42,44-45H,43H2,1-15H3. The van der Waals surface area contributed by atoms with Gasteiger partial charge in [0.05, 0.1) is 22.4 Å². The summed E-state index contributed by atoms with van der Waals surface area (Å²) in [5.74, 6) is 3.07. The van der Waals surface area contributed by atoms with E-state index in [2.05, 4.69) is 276 Å². The van der Waals surface area contributed by atoms with Gasteiger partial charge in [0.2, 0.25) is 0 Å². The molecular weight excluding hydrogens is 901 g/mol. The lowest BCUT2D eigenvalue weighted by molar-refractivity contribution is 0.483. The number of benzene rings is 7. The van der Waals surface area contributed by atoms with Gasteiger partial charge in [-0.2, -0.15) is 0 Å². The van der Waals surface area contributed by atoms with Gasteiger partial charge in [-0.3, -0.25) is 4.57 Å². The minimum Gasteiger partial charge on any atom is -0.457 e. The monoisotopic (exact) mass is 977 g/mol. The topological polar surface area (TPSA) is 33.5 Å². The fourth-order valence-electron chi connectivity index (χ4n) is 11.0. The molecule has 0 atom stereocenters. The zero-order valence-corrected chi connectivity index (χ0v) is 46.6. The van der Waals surface area contributed by atoms with Gasteiger partial charge in [-0.25, -0.2) is 4.98 Å². The fraction of sp³-hybridized carbons (Fsp3) is 0.319. The van der Waals surface area contributed by atoms with E-state index < -0.39 is 0 Å². The molecule has 1 aliphatic rings. The third-order valence-corrected chi connectivity index (χ3v) is 15.6. The SMILES string of the molecule is CC(C)c1cccc(C(C)C)c1-c1cc(Oc2ccc3c4cc(C(C)(C)c5ccccc5)ccc4n(-c4cc(C(C)(C)C)ccn4)c3c2)cc(N2CN(c3cccc(C(C)(C)C)c3)c3ccc(C(C)(C)C)cc32)c1. The van der Waals surface area contributed by atoms with Gasteiger partial charge in [0.1, 0.15) is 24.0 Å². The first-order chi connectivity index (χ1) is 35.0. The molecule has 0 saturated carbocycles. The van der Waals surface area contributed by atoms with Crippen molar-refractivity contribution in [3.8, 4) is 28.4 Å². The number of nitrogens with zero attached hydrogens (tertiary/aromatic N) is 4. The maximum Gasteiger partial charge on any atom is 0.137 e. The summed E-state index contributed by atoms with van der Waals surface area (Å²) in [6.07, 6.45) is 1.96. The highest BCUT2D eigenvalue weighted by atomic mass is 16.5. The largest absolute Gasteiger partial charge is 0.457 e. The number of aromatic nitrogens is 2. The first kappa shape index (κ1) is 50.4. The van der Waals surface area contributed by atoms with Crippen molar-refractivity contribution < 1.29 is 4.74 Å². The number of ether oxygens (including phenoxy) is 1. The van der Waals surface area contributed by atoms with Gasteiger partial charge in [-0.05, 0) is 151 Å². The number of hydrogen-bond donors (Lipinski definition) is 0. The van der Waals surface area contributed by atoms with E-state index >= 15 is 0 Å². The molecule has 2 aromatic heterocycles. The molecule has 0 spiro atoms. The summed E-state index contributed by atoms with van der Waals surface area (Å²) in [7, 11) is 0. The zero-order valence-electron chi connectivity index (χ0n) is 46.6. The Balaban J connectivity index is 1.17. The molecule has 378 valence electrons. The summed E-state index contributed by atoms with van der Waals surface area (Å²) in [6, 6.07) is 58.8. The van der Waals surface area contributed by atoms with Crippen LogP contribution in [0.5, 0.6) is 11.5 Å². The Labute approximate surface area is 441 Å². The van der Waals surface area contributed by atoms with Crippen molar-refractivity contribution in [3.05, 3.63) is 203 Å². The highest BCUT2D eigenvalue weighted by molar-refractivity contribution is 6.10. The first-order valence-corrected chi connectivity index (χ1v) is 26.8. The van der Waals surface area contributed by atoms with Gasteiger partial charge in [-0.15, -0.1) is 0 Å². The van der Waals surface area contributed by atoms with E-state index in [-0.39, 0.29) is 21.7 Å². The predicted octanol–water partition coefficient (Wildman–Crippen LogP) is 19.4. The van der Waals surface area contributed by atoms with Crippen LogP contribution in [0.15, 0.2) is 164 Å². The number of anilines is 4. The van der Waals surface area contributed by atoms with Crippen LogP contribution in [0.25, 0.3) is 38.8 Å². The Kier molecular flexibility index (Phi) is 12.7. The van der Waals surface area contributed by atoms with Crippen molar-refractivity contribution >= 4 is 44.6 Å². The van der Waals surface area contributed by atoms with Crippen LogP contribution < -0.4 is 14.5 Å². The van der Waals surface area contributed by atoms with E-state index in [0.717, 1.165) is 45.0 Å². The van der Waals surface area contributed by atoms with E-state index in [1.807, 2.05) is 6.20 Å². The number of hydrogen-bond acceptors (Lipinski definition) is 4. The summed E-state index contributed by atoms with van der Waals surface area (Å²) in [6.45, 7) is 35.1. The maximum absolute atomic E-state index is 7.31. The highest BCUT2D eigenvalue weighted by Gasteiger charge is 2.32. The summed E-state index contributed by atoms with van der Waals surface area (Å²) in [5.41, 5.74) is 18.0. The molecule has 7 aromatic carbocycles. The molecule has 10 rings (SSSR count). The van der Waals surface area contributed by atoms with Gasteiger partial charge in [0.15, 0.2) is 0 Å². The molecule has 0 unspecified atom stereocenters. The number of fused-ring (bicyclic) bond motifs is 4. The van der Waals surface area contributed by atoms with Gasteiger partial charge >= 0.3 is 0 Å². The molecule has 5 heteroatoms. The maximum atomic E-state index is 7.31. The van der Waals surface area contributed by atoms with Crippen molar-refractivity contribution in [1.29, 1.82) is 0 Å². The van der Waals surface area contributed by atoms with Gasteiger partial charge in [0, 0.05) is 45.9 Å². The van der Waals surface area contributed by atoms with Crippen LogP contribution in [-0.4, -0.2) is 16.2 Å². The van der Waals surface area contributed by atoms with E-state index in [0.29, 0.717) is 18.5 Å². The lowest BCUT2D eigenvalue weighted by atomic mass is 9.78. The van der Waals surface area contributed by atoms with E-state index in [1.165, 1.54) is 67.0 Å². The second-order valence-corrected chi connectivity index (χ2v) is 25.1. The van der Waals surface area contributed by atoms with Crippen molar-refractivity contribution in [2.45, 2.75) is 137 Å². The zero-order chi connectivity index (χ0) is 52.6.